The molecule has 10 heteroatoms. The van der Waals surface area contributed by atoms with Gasteiger partial charge in [0.25, 0.3) is 5.91 Å². The molecule has 8 nitrogen and oxygen atoms in total. The van der Waals surface area contributed by atoms with Crippen molar-refractivity contribution in [1.29, 1.82) is 0 Å². The Labute approximate surface area is 216 Å². The number of nitrogens with one attached hydrogen (secondary N) is 2. The molecule has 2 amide bonds. The lowest BCUT2D eigenvalue weighted by Crippen LogP contribution is -2.26. The van der Waals surface area contributed by atoms with Gasteiger partial charge in [-0.1, -0.05) is 12.1 Å². The monoisotopic (exact) mass is 514 g/mol. The van der Waals surface area contributed by atoms with E-state index in [9.17, 15) is 14.0 Å². The molecule has 6 rings (SSSR count). The van der Waals surface area contributed by atoms with Crippen LogP contribution >= 0.6 is 0 Å². The average Bonchev–Trinajstić information content (AvgIpc) is 3.60. The fourth-order valence-corrected chi connectivity index (χ4v) is 4.60. The van der Waals surface area contributed by atoms with E-state index in [4.69, 9.17) is 0 Å². The lowest BCUT2D eigenvalue weighted by atomic mass is 10.0. The lowest BCUT2D eigenvalue weighted by Gasteiger charge is -2.14. The van der Waals surface area contributed by atoms with Crippen LogP contribution in [-0.4, -0.2) is 31.0 Å². The van der Waals surface area contributed by atoms with Crippen LogP contribution in [0.25, 0.3) is 27.7 Å². The van der Waals surface area contributed by atoms with Gasteiger partial charge in [-0.15, -0.1) is 5.10 Å². The number of benzene rings is 2. The summed E-state index contributed by atoms with van der Waals surface area (Å²) in [4.78, 5) is 29.6. The van der Waals surface area contributed by atoms with Gasteiger partial charge < -0.3 is 9.88 Å². The number of rotatable bonds is 6. The van der Waals surface area contributed by atoms with Gasteiger partial charge >= 0.3 is 0 Å². The van der Waals surface area contributed by atoms with E-state index in [0.29, 0.717) is 38.8 Å². The number of amides is 2. The predicted octanol–water partition coefficient (Wildman–Crippen LogP) is 5.01. The molecule has 2 N–H and O–H groups in total. The van der Waals surface area contributed by atoms with Crippen LogP contribution in [0.4, 0.5) is 14.7 Å². The number of pyridine rings is 1. The standard InChI is InChI=1S/C28H24F2N6O2/c1-15(17-4-3-5-19(29)10-17)31-27(38)22-14-35(2)24-13-23(30)20(12-21(22)24)18-8-9-36-25(11-18)32-28(34-36)33-26(37)16-6-7-16/h3-5,8-16H,6-7H2,1-2H3,(H,31,38)(H,33,34,37)/t15-/m0/s1. The second-order valence-electron chi connectivity index (χ2n) is 9.67. The van der Waals surface area contributed by atoms with Gasteiger partial charge in [0.15, 0.2) is 5.65 Å². The third-order valence-electron chi connectivity index (χ3n) is 6.85. The van der Waals surface area contributed by atoms with Gasteiger partial charge in [-0.05, 0) is 67.3 Å². The van der Waals surface area contributed by atoms with Crippen LogP contribution in [0.15, 0.2) is 60.9 Å². The van der Waals surface area contributed by atoms with Crippen LogP contribution < -0.4 is 10.6 Å². The van der Waals surface area contributed by atoms with E-state index in [0.717, 1.165) is 12.8 Å². The molecule has 0 spiro atoms. The molecule has 3 heterocycles. The molecule has 5 aromatic rings. The molecular formula is C28H24F2N6O2. The van der Waals surface area contributed by atoms with Crippen LogP contribution in [0.3, 0.4) is 0 Å². The number of halogens is 2. The molecule has 1 saturated carbocycles. The quantitative estimate of drug-likeness (QED) is 0.333. The van der Waals surface area contributed by atoms with Gasteiger partial charge in [0.05, 0.1) is 17.1 Å². The number of aryl methyl sites for hydroxylation is 1. The highest BCUT2D eigenvalue weighted by Gasteiger charge is 2.30. The van der Waals surface area contributed by atoms with Crippen molar-refractivity contribution < 1.29 is 18.4 Å². The summed E-state index contributed by atoms with van der Waals surface area (Å²) in [6.45, 7) is 1.78. The van der Waals surface area contributed by atoms with Crippen molar-refractivity contribution in [1.82, 2.24) is 24.5 Å². The second-order valence-corrected chi connectivity index (χ2v) is 9.67. The first-order valence-corrected chi connectivity index (χ1v) is 12.3. The molecule has 3 aromatic heterocycles. The topological polar surface area (TPSA) is 93.3 Å². The van der Waals surface area contributed by atoms with Crippen LogP contribution in [0, 0.1) is 17.6 Å². The normalized spacial score (nSPS) is 14.1. The van der Waals surface area contributed by atoms with E-state index in [-0.39, 0.29) is 29.5 Å². The first-order chi connectivity index (χ1) is 18.3. The molecule has 2 aromatic carbocycles. The Morgan fingerprint density at radius 2 is 1.92 bits per heavy atom. The summed E-state index contributed by atoms with van der Waals surface area (Å²) in [7, 11) is 1.74. The molecule has 1 fully saturated rings. The molecule has 1 aliphatic carbocycles. The van der Waals surface area contributed by atoms with Crippen LogP contribution in [0.5, 0.6) is 0 Å². The van der Waals surface area contributed by atoms with Crippen molar-refractivity contribution in [3.63, 3.8) is 0 Å². The fourth-order valence-electron chi connectivity index (χ4n) is 4.60. The molecule has 0 saturated heterocycles. The Kier molecular flexibility index (Phi) is 5.67. The summed E-state index contributed by atoms with van der Waals surface area (Å²) < 4.78 is 32.1. The molecular weight excluding hydrogens is 490 g/mol. The summed E-state index contributed by atoms with van der Waals surface area (Å²) in [5.74, 6) is -1.06. The molecule has 0 bridgehead atoms. The van der Waals surface area contributed by atoms with E-state index in [1.54, 1.807) is 61.3 Å². The van der Waals surface area contributed by atoms with Crippen LogP contribution in [-0.2, 0) is 11.8 Å². The number of carbonyl (C=O) groups is 2. The number of carbonyl (C=O) groups excluding carboxylic acids is 2. The fraction of sp³-hybridized carbons (Fsp3) is 0.214. The Hall–Kier alpha value is -4.60. The lowest BCUT2D eigenvalue weighted by molar-refractivity contribution is -0.117. The van der Waals surface area contributed by atoms with Gasteiger partial charge in [0.2, 0.25) is 11.9 Å². The van der Waals surface area contributed by atoms with E-state index in [1.807, 2.05) is 0 Å². The van der Waals surface area contributed by atoms with E-state index >= 15 is 4.39 Å². The van der Waals surface area contributed by atoms with Crippen molar-refractivity contribution in [2.75, 3.05) is 5.32 Å². The van der Waals surface area contributed by atoms with Gasteiger partial charge in [0.1, 0.15) is 11.6 Å². The Balaban J connectivity index is 1.33. The van der Waals surface area contributed by atoms with Crippen LogP contribution in [0.1, 0.15) is 41.7 Å². The Morgan fingerprint density at radius 1 is 1.11 bits per heavy atom. The van der Waals surface area contributed by atoms with Crippen molar-refractivity contribution in [3.8, 4) is 11.1 Å². The molecule has 38 heavy (non-hydrogen) atoms. The predicted molar refractivity (Wildman–Crippen MR) is 138 cm³/mol. The van der Waals surface area contributed by atoms with Crippen molar-refractivity contribution in [2.24, 2.45) is 13.0 Å². The third-order valence-corrected chi connectivity index (χ3v) is 6.85. The maximum Gasteiger partial charge on any atom is 0.253 e. The Morgan fingerprint density at radius 3 is 2.68 bits per heavy atom. The van der Waals surface area contributed by atoms with E-state index < -0.39 is 11.9 Å². The highest BCUT2D eigenvalue weighted by atomic mass is 19.1. The number of nitrogens with zero attached hydrogens (tertiary/aromatic N) is 4. The van der Waals surface area contributed by atoms with Crippen molar-refractivity contribution in [3.05, 3.63) is 83.7 Å². The summed E-state index contributed by atoms with van der Waals surface area (Å²) in [6.07, 6.45) is 5.04. The molecule has 192 valence electrons. The zero-order valence-corrected chi connectivity index (χ0v) is 20.7. The number of hydrogen-bond donors (Lipinski definition) is 2. The third kappa shape index (κ3) is 4.38. The first kappa shape index (κ1) is 23.8. The zero-order chi connectivity index (χ0) is 26.6. The molecule has 0 aliphatic heterocycles. The highest BCUT2D eigenvalue weighted by Crippen LogP contribution is 2.32. The van der Waals surface area contributed by atoms with Gasteiger partial charge in [-0.25, -0.2) is 13.3 Å². The van der Waals surface area contributed by atoms with E-state index in [1.165, 1.54) is 22.7 Å². The largest absolute Gasteiger partial charge is 0.350 e. The van der Waals surface area contributed by atoms with E-state index in [2.05, 4.69) is 20.7 Å². The molecule has 1 atom stereocenters. The number of anilines is 1. The summed E-state index contributed by atoms with van der Waals surface area (Å²) in [6, 6.07) is 12.1. The number of aromatic nitrogens is 4. The first-order valence-electron chi connectivity index (χ1n) is 12.3. The van der Waals surface area contributed by atoms with Crippen molar-refractivity contribution in [2.45, 2.75) is 25.8 Å². The number of hydrogen-bond acceptors (Lipinski definition) is 4. The van der Waals surface area contributed by atoms with Gasteiger partial charge in [-0.3, -0.25) is 14.9 Å². The number of fused-ring (bicyclic) bond motifs is 2. The summed E-state index contributed by atoms with van der Waals surface area (Å²) in [5, 5.41) is 10.5. The maximum absolute atomic E-state index is 15.3. The maximum atomic E-state index is 15.3. The van der Waals surface area contributed by atoms with Crippen LogP contribution in [0.2, 0.25) is 0 Å². The van der Waals surface area contributed by atoms with Crippen molar-refractivity contribution >= 4 is 34.3 Å². The minimum atomic E-state index is -0.454. The SMILES string of the molecule is C[C@H](NC(=O)c1cn(C)c2cc(F)c(-c3ccn4nc(NC(=O)C5CC5)nc4c3)cc12)c1cccc(F)c1. The Bertz CT molecular complexity index is 1740. The molecule has 0 radical (unpaired) electrons. The van der Waals surface area contributed by atoms with Gasteiger partial charge in [0, 0.05) is 36.3 Å². The minimum Gasteiger partial charge on any atom is -0.350 e. The van der Waals surface area contributed by atoms with Gasteiger partial charge in [-0.2, -0.15) is 4.98 Å². The molecule has 1 aliphatic rings. The average molecular weight is 515 g/mol. The zero-order valence-electron chi connectivity index (χ0n) is 20.7. The molecule has 0 unspecified atom stereocenters. The second kappa shape index (κ2) is 9.05. The highest BCUT2D eigenvalue weighted by molar-refractivity contribution is 6.08. The summed E-state index contributed by atoms with van der Waals surface area (Å²) in [5.41, 5.74) is 2.87. The smallest absolute Gasteiger partial charge is 0.253 e. The minimum absolute atomic E-state index is 0.0205. The summed E-state index contributed by atoms with van der Waals surface area (Å²) >= 11 is 0.